The van der Waals surface area contributed by atoms with E-state index >= 15 is 0 Å². The van der Waals surface area contributed by atoms with Gasteiger partial charge in [0.2, 0.25) is 5.91 Å². The maximum Gasteiger partial charge on any atom is 0.308 e. The minimum Gasteiger partial charge on any atom is -0.456 e. The highest BCUT2D eigenvalue weighted by Crippen LogP contribution is 2.12. The minimum absolute atomic E-state index is 0.0451. The number of hydrogen-bond donors (Lipinski definition) is 2. The van der Waals surface area contributed by atoms with Crippen LogP contribution in [0.5, 0.6) is 0 Å². The predicted octanol–water partition coefficient (Wildman–Crippen LogP) is 2.08. The van der Waals surface area contributed by atoms with Crippen LogP contribution in [-0.2, 0) is 25.7 Å². The maximum absolute atomic E-state index is 11.8. The number of ether oxygens (including phenoxy) is 1. The predicted molar refractivity (Wildman–Crippen MR) is 105 cm³/mol. The summed E-state index contributed by atoms with van der Waals surface area (Å²) in [5.41, 5.74) is 0.947. The van der Waals surface area contributed by atoms with Crippen LogP contribution in [0, 0.1) is 0 Å². The van der Waals surface area contributed by atoms with Crippen molar-refractivity contribution >= 4 is 34.9 Å². The first-order chi connectivity index (χ1) is 13.5. The largest absolute Gasteiger partial charge is 0.456 e. The molecule has 8 heteroatoms. The molecule has 28 heavy (non-hydrogen) atoms. The van der Waals surface area contributed by atoms with Crippen LogP contribution in [0.3, 0.4) is 0 Å². The van der Waals surface area contributed by atoms with E-state index in [1.165, 1.54) is 11.3 Å². The molecule has 148 valence electrons. The Labute approximate surface area is 167 Å². The summed E-state index contributed by atoms with van der Waals surface area (Å²) in [7, 11) is 0. The molecule has 0 radical (unpaired) electrons. The van der Waals surface area contributed by atoms with E-state index in [1.807, 2.05) is 30.3 Å². The summed E-state index contributed by atoms with van der Waals surface area (Å²) in [5.74, 6) is -1.36. The maximum atomic E-state index is 11.8. The fourth-order valence-corrected chi connectivity index (χ4v) is 2.94. The minimum atomic E-state index is -0.579. The van der Waals surface area contributed by atoms with Crippen LogP contribution < -0.4 is 10.6 Å². The van der Waals surface area contributed by atoms with E-state index in [0.29, 0.717) is 11.4 Å². The third kappa shape index (κ3) is 8.13. The molecule has 0 unspecified atom stereocenters. The summed E-state index contributed by atoms with van der Waals surface area (Å²) in [6, 6.07) is 12.9. The van der Waals surface area contributed by atoms with E-state index in [2.05, 4.69) is 10.6 Å². The van der Waals surface area contributed by atoms with E-state index in [-0.39, 0.29) is 44.1 Å². The Hall–Kier alpha value is -3.00. The van der Waals surface area contributed by atoms with Gasteiger partial charge in [0, 0.05) is 25.9 Å². The van der Waals surface area contributed by atoms with Crippen LogP contribution in [0.15, 0.2) is 47.8 Å². The molecule has 0 aliphatic heterocycles. The van der Waals surface area contributed by atoms with Crippen LogP contribution in [0.1, 0.15) is 34.5 Å². The van der Waals surface area contributed by atoms with Gasteiger partial charge in [0.15, 0.2) is 12.4 Å². The van der Waals surface area contributed by atoms with Crippen LogP contribution in [-0.4, -0.2) is 36.7 Å². The van der Waals surface area contributed by atoms with Gasteiger partial charge in [-0.3, -0.25) is 19.2 Å². The third-order valence-corrected chi connectivity index (χ3v) is 4.63. The van der Waals surface area contributed by atoms with Crippen molar-refractivity contribution in [3.63, 3.8) is 0 Å². The molecule has 0 bridgehead atoms. The lowest BCUT2D eigenvalue weighted by atomic mass is 10.2. The number of amides is 2. The number of nitrogens with one attached hydrogen (secondary N) is 2. The Morgan fingerprint density at radius 1 is 0.857 bits per heavy atom. The van der Waals surface area contributed by atoms with Crippen molar-refractivity contribution in [3.05, 3.63) is 58.3 Å². The molecule has 0 saturated heterocycles. The summed E-state index contributed by atoms with van der Waals surface area (Å²) >= 11 is 1.34. The summed E-state index contributed by atoms with van der Waals surface area (Å²) in [6.45, 7) is 0.0862. The van der Waals surface area contributed by atoms with Crippen molar-refractivity contribution in [1.82, 2.24) is 10.6 Å². The molecule has 7 nitrogen and oxygen atoms in total. The fourth-order valence-electron chi connectivity index (χ4n) is 2.25. The van der Waals surface area contributed by atoms with Gasteiger partial charge in [-0.1, -0.05) is 36.4 Å². The van der Waals surface area contributed by atoms with Crippen LogP contribution >= 0.6 is 11.3 Å². The Balaban J connectivity index is 1.52. The van der Waals surface area contributed by atoms with Gasteiger partial charge in [0.1, 0.15) is 0 Å². The second kappa shape index (κ2) is 11.7. The van der Waals surface area contributed by atoms with Gasteiger partial charge in [-0.05, 0) is 17.0 Å². The topological polar surface area (TPSA) is 102 Å². The molecule has 0 aliphatic carbocycles. The molecular formula is C20H22N2O5S. The van der Waals surface area contributed by atoms with E-state index in [4.69, 9.17) is 4.74 Å². The van der Waals surface area contributed by atoms with Crippen molar-refractivity contribution < 1.29 is 23.9 Å². The lowest BCUT2D eigenvalue weighted by molar-refractivity contribution is -0.148. The van der Waals surface area contributed by atoms with E-state index in [1.54, 1.807) is 17.5 Å². The van der Waals surface area contributed by atoms with Gasteiger partial charge in [-0.15, -0.1) is 11.3 Å². The Morgan fingerprint density at radius 2 is 1.64 bits per heavy atom. The highest BCUT2D eigenvalue weighted by atomic mass is 32.1. The molecule has 1 aromatic heterocycles. The first-order valence-electron chi connectivity index (χ1n) is 8.84. The van der Waals surface area contributed by atoms with Crippen molar-refractivity contribution in [2.24, 2.45) is 0 Å². The SMILES string of the molecule is O=C(CCC(=O)c1cccs1)NCCC(=O)OCC(=O)NCc1ccccc1. The lowest BCUT2D eigenvalue weighted by Crippen LogP contribution is -2.30. The van der Waals surface area contributed by atoms with E-state index in [9.17, 15) is 19.2 Å². The van der Waals surface area contributed by atoms with Gasteiger partial charge < -0.3 is 15.4 Å². The second-order valence-corrected chi connectivity index (χ2v) is 6.87. The first kappa shape index (κ1) is 21.3. The number of ketones is 1. The van der Waals surface area contributed by atoms with Gasteiger partial charge in [0.25, 0.3) is 5.91 Å². The summed E-state index contributed by atoms with van der Waals surface area (Å²) in [4.78, 5) is 47.4. The molecule has 2 N–H and O–H groups in total. The Bertz CT molecular complexity index is 790. The zero-order valence-electron chi connectivity index (χ0n) is 15.3. The quantitative estimate of drug-likeness (QED) is 0.443. The number of hydrogen-bond acceptors (Lipinski definition) is 6. The Morgan fingerprint density at radius 3 is 2.36 bits per heavy atom. The molecular weight excluding hydrogens is 380 g/mol. The standard InChI is InChI=1S/C20H22N2O5S/c23-16(17-7-4-12-28-17)8-9-18(24)21-11-10-20(26)27-14-19(25)22-13-15-5-2-1-3-6-15/h1-7,12H,8-11,13-14H2,(H,21,24)(H,22,25). The number of rotatable bonds is 11. The Kier molecular flexibility index (Phi) is 8.87. The molecule has 0 fully saturated rings. The zero-order chi connectivity index (χ0) is 20.2. The van der Waals surface area contributed by atoms with Gasteiger partial charge >= 0.3 is 5.97 Å². The average molecular weight is 402 g/mol. The van der Waals surface area contributed by atoms with Crippen molar-refractivity contribution in [2.75, 3.05) is 13.2 Å². The number of Topliss-reactive ketones (excluding diaryl/α,β-unsaturated/α-hetero) is 1. The molecule has 2 rings (SSSR count). The summed E-state index contributed by atoms with van der Waals surface area (Å²) in [6.07, 6.45) is 0.141. The monoisotopic (exact) mass is 402 g/mol. The smallest absolute Gasteiger partial charge is 0.308 e. The number of carbonyl (C=O) groups is 4. The number of thiophene rings is 1. The molecule has 0 spiro atoms. The highest BCUT2D eigenvalue weighted by molar-refractivity contribution is 7.12. The number of carbonyl (C=O) groups excluding carboxylic acids is 4. The van der Waals surface area contributed by atoms with E-state index < -0.39 is 11.9 Å². The molecule has 1 aromatic carbocycles. The third-order valence-electron chi connectivity index (χ3n) is 3.72. The summed E-state index contributed by atoms with van der Waals surface area (Å²) in [5, 5.41) is 7.02. The van der Waals surface area contributed by atoms with Gasteiger partial charge in [-0.25, -0.2) is 0 Å². The number of benzene rings is 1. The highest BCUT2D eigenvalue weighted by Gasteiger charge is 2.11. The lowest BCUT2D eigenvalue weighted by Gasteiger charge is -2.07. The second-order valence-electron chi connectivity index (χ2n) is 5.92. The van der Waals surface area contributed by atoms with Crippen LogP contribution in [0.25, 0.3) is 0 Å². The van der Waals surface area contributed by atoms with Crippen LogP contribution in [0.4, 0.5) is 0 Å². The molecule has 1 heterocycles. The fraction of sp³-hybridized carbons (Fsp3) is 0.300. The van der Waals surface area contributed by atoms with Crippen LogP contribution in [0.2, 0.25) is 0 Å². The number of esters is 1. The summed E-state index contributed by atoms with van der Waals surface area (Å²) < 4.78 is 4.87. The van der Waals surface area contributed by atoms with Gasteiger partial charge in [0.05, 0.1) is 11.3 Å². The molecule has 0 atom stereocenters. The first-order valence-corrected chi connectivity index (χ1v) is 9.72. The van der Waals surface area contributed by atoms with Crippen molar-refractivity contribution in [2.45, 2.75) is 25.8 Å². The van der Waals surface area contributed by atoms with Gasteiger partial charge in [-0.2, -0.15) is 0 Å². The average Bonchev–Trinajstić information content (AvgIpc) is 3.24. The van der Waals surface area contributed by atoms with E-state index in [0.717, 1.165) is 5.56 Å². The van der Waals surface area contributed by atoms with Crippen molar-refractivity contribution in [3.8, 4) is 0 Å². The normalized spacial score (nSPS) is 10.1. The zero-order valence-corrected chi connectivity index (χ0v) is 16.1. The molecule has 0 saturated carbocycles. The molecule has 2 aromatic rings. The molecule has 2 amide bonds. The van der Waals surface area contributed by atoms with Crippen molar-refractivity contribution in [1.29, 1.82) is 0 Å². The molecule has 0 aliphatic rings.